The van der Waals surface area contributed by atoms with Crippen LogP contribution in [-0.4, -0.2) is 37.0 Å². The molecule has 0 unspecified atom stereocenters. The van der Waals surface area contributed by atoms with E-state index in [0.717, 1.165) is 10.9 Å². The van der Waals surface area contributed by atoms with Gasteiger partial charge in [-0.2, -0.15) is 0 Å². The maximum absolute atomic E-state index is 12.3. The van der Waals surface area contributed by atoms with Gasteiger partial charge in [-0.3, -0.25) is 9.78 Å². The predicted molar refractivity (Wildman–Crippen MR) is 80.4 cm³/mol. The van der Waals surface area contributed by atoms with Crippen LogP contribution in [0.2, 0.25) is 0 Å². The summed E-state index contributed by atoms with van der Waals surface area (Å²) in [5, 5.41) is 0.979. The van der Waals surface area contributed by atoms with Gasteiger partial charge >= 0.3 is 0 Å². The minimum absolute atomic E-state index is 0.0673. The summed E-state index contributed by atoms with van der Waals surface area (Å²) >= 11 is 0. The SMILES string of the molecule is COc1cc(C(=O)N(C)C)c2nccc(C(C)C)c2c1. The number of pyridine rings is 1. The molecule has 0 bridgehead atoms. The molecule has 4 heteroatoms. The first-order chi connectivity index (χ1) is 9.45. The number of nitrogens with zero attached hydrogens (tertiary/aromatic N) is 2. The van der Waals surface area contributed by atoms with Crippen LogP contribution in [0.15, 0.2) is 24.4 Å². The molecule has 1 amide bonds. The van der Waals surface area contributed by atoms with Crippen molar-refractivity contribution in [1.82, 2.24) is 9.88 Å². The topological polar surface area (TPSA) is 42.4 Å². The lowest BCUT2D eigenvalue weighted by Gasteiger charge is -2.16. The van der Waals surface area contributed by atoms with Crippen molar-refractivity contribution in [2.75, 3.05) is 21.2 Å². The zero-order valence-electron chi connectivity index (χ0n) is 12.6. The van der Waals surface area contributed by atoms with Crippen LogP contribution in [0.5, 0.6) is 5.75 Å². The van der Waals surface area contributed by atoms with Gasteiger partial charge in [-0.25, -0.2) is 0 Å². The number of methoxy groups -OCH3 is 1. The number of hydrogen-bond acceptors (Lipinski definition) is 3. The molecule has 0 fully saturated rings. The van der Waals surface area contributed by atoms with Crippen LogP contribution in [0.25, 0.3) is 10.9 Å². The second kappa shape index (κ2) is 5.49. The Balaban J connectivity index is 2.81. The summed E-state index contributed by atoms with van der Waals surface area (Å²) < 4.78 is 5.33. The molecule has 4 nitrogen and oxygen atoms in total. The Labute approximate surface area is 119 Å². The quantitative estimate of drug-likeness (QED) is 0.862. The van der Waals surface area contributed by atoms with Gasteiger partial charge in [-0.15, -0.1) is 0 Å². The average Bonchev–Trinajstić information content (AvgIpc) is 2.44. The third-order valence-electron chi connectivity index (χ3n) is 3.35. The highest BCUT2D eigenvalue weighted by atomic mass is 16.5. The average molecular weight is 272 g/mol. The number of fused-ring (bicyclic) bond motifs is 1. The number of aromatic nitrogens is 1. The van der Waals surface area contributed by atoms with Gasteiger partial charge in [-0.05, 0) is 29.7 Å². The van der Waals surface area contributed by atoms with Crippen LogP contribution in [0.4, 0.5) is 0 Å². The van der Waals surface area contributed by atoms with Crippen LogP contribution in [0, 0.1) is 0 Å². The fraction of sp³-hybridized carbons (Fsp3) is 0.375. The van der Waals surface area contributed by atoms with Crippen molar-refractivity contribution in [2.45, 2.75) is 19.8 Å². The van der Waals surface area contributed by atoms with Crippen molar-refractivity contribution in [1.29, 1.82) is 0 Å². The van der Waals surface area contributed by atoms with Crippen molar-refractivity contribution < 1.29 is 9.53 Å². The number of carbonyl (C=O) groups is 1. The Morgan fingerprint density at radius 3 is 2.55 bits per heavy atom. The molecule has 1 heterocycles. The highest BCUT2D eigenvalue weighted by molar-refractivity contribution is 6.06. The largest absolute Gasteiger partial charge is 0.497 e. The number of hydrogen-bond donors (Lipinski definition) is 0. The van der Waals surface area contributed by atoms with Crippen LogP contribution >= 0.6 is 0 Å². The fourth-order valence-corrected chi connectivity index (χ4v) is 2.27. The van der Waals surface area contributed by atoms with Gasteiger partial charge in [0.25, 0.3) is 5.91 Å². The number of rotatable bonds is 3. The van der Waals surface area contributed by atoms with Crippen LogP contribution in [-0.2, 0) is 0 Å². The van der Waals surface area contributed by atoms with Crippen LogP contribution in [0.1, 0.15) is 35.7 Å². The van der Waals surface area contributed by atoms with E-state index in [-0.39, 0.29) is 5.91 Å². The first kappa shape index (κ1) is 14.3. The third-order valence-corrected chi connectivity index (χ3v) is 3.35. The summed E-state index contributed by atoms with van der Waals surface area (Å²) in [6.07, 6.45) is 1.76. The Morgan fingerprint density at radius 1 is 1.30 bits per heavy atom. The van der Waals surface area contributed by atoms with Crippen molar-refractivity contribution >= 4 is 16.8 Å². The summed E-state index contributed by atoms with van der Waals surface area (Å²) in [5.74, 6) is 0.967. The normalized spacial score (nSPS) is 10.9. The molecule has 2 rings (SSSR count). The summed E-state index contributed by atoms with van der Waals surface area (Å²) in [6.45, 7) is 4.25. The van der Waals surface area contributed by atoms with Crippen molar-refractivity contribution in [2.24, 2.45) is 0 Å². The molecular formula is C16H20N2O2. The Kier molecular flexibility index (Phi) is 3.93. The van der Waals surface area contributed by atoms with E-state index < -0.39 is 0 Å². The molecule has 2 aromatic rings. The monoisotopic (exact) mass is 272 g/mol. The van der Waals surface area contributed by atoms with Crippen molar-refractivity contribution in [3.63, 3.8) is 0 Å². The summed E-state index contributed by atoms with van der Waals surface area (Å²) in [7, 11) is 5.08. The second-order valence-corrected chi connectivity index (χ2v) is 5.33. The van der Waals surface area contributed by atoms with E-state index in [1.807, 2.05) is 12.1 Å². The molecule has 1 aromatic carbocycles. The van der Waals surface area contributed by atoms with Crippen molar-refractivity contribution in [3.8, 4) is 5.75 Å². The zero-order chi connectivity index (χ0) is 14.9. The first-order valence-corrected chi connectivity index (χ1v) is 6.64. The minimum atomic E-state index is -0.0673. The lowest BCUT2D eigenvalue weighted by molar-refractivity contribution is 0.0829. The molecule has 0 atom stereocenters. The number of ether oxygens (including phenoxy) is 1. The minimum Gasteiger partial charge on any atom is -0.497 e. The predicted octanol–water partition coefficient (Wildman–Crippen LogP) is 3.07. The molecule has 0 aliphatic carbocycles. The summed E-state index contributed by atoms with van der Waals surface area (Å²) in [4.78, 5) is 18.3. The Hall–Kier alpha value is -2.10. The lowest BCUT2D eigenvalue weighted by atomic mass is 9.96. The molecule has 106 valence electrons. The Morgan fingerprint density at radius 2 is 2.00 bits per heavy atom. The molecular weight excluding hydrogens is 252 g/mol. The third kappa shape index (κ3) is 2.46. The van der Waals surface area contributed by atoms with Crippen LogP contribution < -0.4 is 4.74 Å². The van der Waals surface area contributed by atoms with Crippen LogP contribution in [0.3, 0.4) is 0 Å². The maximum atomic E-state index is 12.3. The van der Waals surface area contributed by atoms with E-state index >= 15 is 0 Å². The van der Waals surface area contributed by atoms with E-state index in [0.29, 0.717) is 17.2 Å². The van der Waals surface area contributed by atoms with E-state index in [4.69, 9.17) is 4.74 Å². The Bertz CT molecular complexity index is 648. The molecule has 0 radical (unpaired) electrons. The summed E-state index contributed by atoms with van der Waals surface area (Å²) in [6, 6.07) is 5.70. The smallest absolute Gasteiger partial charge is 0.255 e. The van der Waals surface area contributed by atoms with Gasteiger partial charge in [0.1, 0.15) is 5.75 Å². The fourth-order valence-electron chi connectivity index (χ4n) is 2.27. The highest BCUT2D eigenvalue weighted by Gasteiger charge is 2.17. The van der Waals surface area contributed by atoms with Gasteiger partial charge in [0, 0.05) is 25.7 Å². The van der Waals surface area contributed by atoms with E-state index in [2.05, 4.69) is 18.8 Å². The molecule has 0 saturated heterocycles. The first-order valence-electron chi connectivity index (χ1n) is 6.64. The summed E-state index contributed by atoms with van der Waals surface area (Å²) in [5.41, 5.74) is 2.48. The molecule has 20 heavy (non-hydrogen) atoms. The lowest BCUT2D eigenvalue weighted by Crippen LogP contribution is -2.22. The number of amides is 1. The second-order valence-electron chi connectivity index (χ2n) is 5.33. The molecule has 0 aliphatic heterocycles. The van der Waals surface area contributed by atoms with Gasteiger partial charge in [0.05, 0.1) is 18.2 Å². The van der Waals surface area contributed by atoms with Gasteiger partial charge in [-0.1, -0.05) is 13.8 Å². The number of benzene rings is 1. The van der Waals surface area contributed by atoms with Gasteiger partial charge in [0.15, 0.2) is 0 Å². The molecule has 0 aliphatic rings. The van der Waals surface area contributed by atoms with E-state index in [1.54, 1.807) is 38.4 Å². The molecule has 0 saturated carbocycles. The zero-order valence-corrected chi connectivity index (χ0v) is 12.6. The van der Waals surface area contributed by atoms with E-state index in [1.165, 1.54) is 5.56 Å². The molecule has 1 aromatic heterocycles. The maximum Gasteiger partial charge on any atom is 0.255 e. The van der Waals surface area contributed by atoms with Gasteiger partial charge in [0.2, 0.25) is 0 Å². The molecule has 0 spiro atoms. The standard InChI is InChI=1S/C16H20N2O2/c1-10(2)12-6-7-17-15-13(12)8-11(20-5)9-14(15)16(19)18(3)4/h6-10H,1-5H3. The number of carbonyl (C=O) groups excluding carboxylic acids is 1. The van der Waals surface area contributed by atoms with E-state index in [9.17, 15) is 4.79 Å². The van der Waals surface area contributed by atoms with Gasteiger partial charge < -0.3 is 9.64 Å². The van der Waals surface area contributed by atoms with Crippen molar-refractivity contribution in [3.05, 3.63) is 35.5 Å². The molecule has 0 N–H and O–H groups in total. The highest BCUT2D eigenvalue weighted by Crippen LogP contribution is 2.30.